The number of amides is 1. The van der Waals surface area contributed by atoms with Gasteiger partial charge >= 0.3 is 0 Å². The van der Waals surface area contributed by atoms with Gasteiger partial charge in [0.25, 0.3) is 5.91 Å². The highest BCUT2D eigenvalue weighted by Crippen LogP contribution is 2.23. The number of hydrogen-bond acceptors (Lipinski definition) is 4. The third-order valence-electron chi connectivity index (χ3n) is 2.32. The van der Waals surface area contributed by atoms with Crippen molar-refractivity contribution in [1.29, 1.82) is 10.5 Å². The van der Waals surface area contributed by atoms with Crippen LogP contribution < -0.4 is 4.74 Å². The predicted molar refractivity (Wildman–Crippen MR) is 82.6 cm³/mol. The molecule has 0 atom stereocenters. The van der Waals surface area contributed by atoms with Gasteiger partial charge in [-0.2, -0.15) is 10.5 Å². The first kappa shape index (κ1) is 16.0. The Morgan fingerprint density at radius 2 is 2.15 bits per heavy atom. The summed E-state index contributed by atoms with van der Waals surface area (Å²) in [6.07, 6.45) is 1.53. The SMILES string of the molecule is CN(C)C(=O)/C(C#N)=C\c1ccc(OCC#N)c(I)c1. The summed E-state index contributed by atoms with van der Waals surface area (Å²) >= 11 is 2.07. The molecular weight excluding hydrogens is 369 g/mol. The molecule has 0 aromatic heterocycles. The van der Waals surface area contributed by atoms with Gasteiger partial charge in [0, 0.05) is 14.1 Å². The van der Waals surface area contributed by atoms with Gasteiger partial charge in [-0.25, -0.2) is 0 Å². The van der Waals surface area contributed by atoms with E-state index in [1.165, 1.54) is 11.0 Å². The lowest BCUT2D eigenvalue weighted by Gasteiger charge is -2.09. The predicted octanol–water partition coefficient (Wildman–Crippen LogP) is 2.19. The van der Waals surface area contributed by atoms with Gasteiger partial charge in [0.05, 0.1) is 3.57 Å². The molecule has 0 unspecified atom stereocenters. The maximum atomic E-state index is 11.7. The van der Waals surface area contributed by atoms with Crippen molar-refractivity contribution in [2.75, 3.05) is 20.7 Å². The van der Waals surface area contributed by atoms with Crippen LogP contribution in [0.25, 0.3) is 6.08 Å². The second-order valence-corrected chi connectivity index (χ2v) is 5.17. The summed E-state index contributed by atoms with van der Waals surface area (Å²) in [6.45, 7) is -0.0201. The highest BCUT2D eigenvalue weighted by Gasteiger charge is 2.11. The van der Waals surface area contributed by atoms with Crippen LogP contribution in [-0.4, -0.2) is 31.5 Å². The number of halogens is 1. The second kappa shape index (κ2) is 7.51. The quantitative estimate of drug-likeness (QED) is 0.455. The van der Waals surface area contributed by atoms with Crippen LogP contribution in [0.3, 0.4) is 0 Å². The lowest BCUT2D eigenvalue weighted by molar-refractivity contribution is -0.124. The van der Waals surface area contributed by atoms with E-state index in [1.54, 1.807) is 32.3 Å². The molecule has 0 fully saturated rings. The Balaban J connectivity index is 3.04. The molecule has 0 bridgehead atoms. The van der Waals surface area contributed by atoms with Gasteiger partial charge < -0.3 is 9.64 Å². The Kier molecular flexibility index (Phi) is 6.01. The number of hydrogen-bond donors (Lipinski definition) is 0. The molecular formula is C14H12IN3O2. The number of likely N-dealkylation sites (N-methyl/N-ethyl adjacent to an activating group) is 1. The highest BCUT2D eigenvalue weighted by molar-refractivity contribution is 14.1. The van der Waals surface area contributed by atoms with Crippen LogP contribution in [-0.2, 0) is 4.79 Å². The van der Waals surface area contributed by atoms with Crippen LogP contribution in [0.15, 0.2) is 23.8 Å². The van der Waals surface area contributed by atoms with Crippen molar-refractivity contribution in [3.63, 3.8) is 0 Å². The van der Waals surface area contributed by atoms with E-state index in [0.717, 1.165) is 9.13 Å². The third-order valence-corrected chi connectivity index (χ3v) is 3.16. The highest BCUT2D eigenvalue weighted by atomic mass is 127. The Hall–Kier alpha value is -2.06. The Morgan fingerprint density at radius 1 is 1.45 bits per heavy atom. The number of carbonyl (C=O) groups is 1. The van der Waals surface area contributed by atoms with Crippen LogP contribution in [0, 0.1) is 26.2 Å². The summed E-state index contributed by atoms with van der Waals surface area (Å²) in [4.78, 5) is 13.1. The van der Waals surface area contributed by atoms with E-state index in [1.807, 2.05) is 12.1 Å². The number of carbonyl (C=O) groups excluding carboxylic acids is 1. The lowest BCUT2D eigenvalue weighted by atomic mass is 10.1. The molecule has 5 nitrogen and oxygen atoms in total. The molecule has 20 heavy (non-hydrogen) atoms. The summed E-state index contributed by atoms with van der Waals surface area (Å²) < 4.78 is 6.04. The van der Waals surface area contributed by atoms with Crippen LogP contribution in [0.5, 0.6) is 5.75 Å². The standard InChI is InChI=1S/C14H12IN3O2/c1-18(2)14(19)11(9-17)7-10-3-4-13(12(15)8-10)20-6-5-16/h3-4,7-8H,6H2,1-2H3/b11-7-. The van der Waals surface area contributed by atoms with Gasteiger partial charge in [-0.15, -0.1) is 0 Å². The van der Waals surface area contributed by atoms with Crippen molar-refractivity contribution in [3.8, 4) is 17.9 Å². The topological polar surface area (TPSA) is 77.1 Å². The van der Waals surface area contributed by atoms with Gasteiger partial charge in [-0.1, -0.05) is 6.07 Å². The number of nitrogens with zero attached hydrogens (tertiary/aromatic N) is 3. The van der Waals surface area contributed by atoms with E-state index in [-0.39, 0.29) is 18.1 Å². The molecule has 0 spiro atoms. The third kappa shape index (κ3) is 4.25. The number of nitriles is 2. The first-order valence-corrected chi connectivity index (χ1v) is 6.70. The fraction of sp³-hybridized carbons (Fsp3) is 0.214. The molecule has 0 heterocycles. The van der Waals surface area contributed by atoms with Crippen molar-refractivity contribution in [2.24, 2.45) is 0 Å². The van der Waals surface area contributed by atoms with E-state index < -0.39 is 0 Å². The zero-order chi connectivity index (χ0) is 15.1. The molecule has 1 rings (SSSR count). The van der Waals surface area contributed by atoms with Crippen molar-refractivity contribution in [3.05, 3.63) is 32.9 Å². The Morgan fingerprint density at radius 3 is 2.65 bits per heavy atom. The molecule has 1 amide bonds. The van der Waals surface area contributed by atoms with E-state index in [0.29, 0.717) is 5.75 Å². The van der Waals surface area contributed by atoms with E-state index in [9.17, 15) is 4.79 Å². The van der Waals surface area contributed by atoms with Crippen molar-refractivity contribution < 1.29 is 9.53 Å². The minimum atomic E-state index is -0.340. The molecule has 0 radical (unpaired) electrons. The van der Waals surface area contributed by atoms with Crippen LogP contribution in [0.1, 0.15) is 5.56 Å². The normalized spacial score (nSPS) is 10.3. The van der Waals surface area contributed by atoms with E-state index in [2.05, 4.69) is 22.6 Å². The van der Waals surface area contributed by atoms with Gasteiger partial charge in [-0.05, 0) is 46.4 Å². The monoisotopic (exact) mass is 381 g/mol. The average Bonchev–Trinajstić information content (AvgIpc) is 2.43. The van der Waals surface area contributed by atoms with E-state index >= 15 is 0 Å². The first-order chi connectivity index (χ1) is 9.49. The molecule has 0 saturated heterocycles. The smallest absolute Gasteiger partial charge is 0.264 e. The molecule has 6 heteroatoms. The largest absolute Gasteiger partial charge is 0.478 e. The second-order valence-electron chi connectivity index (χ2n) is 4.01. The molecule has 0 aliphatic heterocycles. The van der Waals surface area contributed by atoms with Gasteiger partial charge in [-0.3, -0.25) is 4.79 Å². The maximum absolute atomic E-state index is 11.7. The lowest BCUT2D eigenvalue weighted by Crippen LogP contribution is -2.22. The summed E-state index contributed by atoms with van der Waals surface area (Å²) in [6, 6.07) is 9.01. The van der Waals surface area contributed by atoms with Crippen molar-refractivity contribution >= 4 is 34.6 Å². The summed E-state index contributed by atoms with van der Waals surface area (Å²) in [5.41, 5.74) is 0.793. The van der Waals surface area contributed by atoms with Crippen molar-refractivity contribution in [1.82, 2.24) is 4.90 Å². The molecule has 0 saturated carbocycles. The number of benzene rings is 1. The molecule has 102 valence electrons. The van der Waals surface area contributed by atoms with Crippen LogP contribution in [0.2, 0.25) is 0 Å². The molecule has 1 aromatic carbocycles. The minimum Gasteiger partial charge on any atom is -0.478 e. The maximum Gasteiger partial charge on any atom is 0.264 e. The van der Waals surface area contributed by atoms with Crippen LogP contribution in [0.4, 0.5) is 0 Å². The Bertz CT molecular complexity index is 624. The Labute approximate surface area is 131 Å². The zero-order valence-corrected chi connectivity index (χ0v) is 13.2. The fourth-order valence-electron chi connectivity index (χ4n) is 1.38. The van der Waals surface area contributed by atoms with Gasteiger partial charge in [0.15, 0.2) is 6.61 Å². The minimum absolute atomic E-state index is 0.0201. The van der Waals surface area contributed by atoms with Crippen molar-refractivity contribution in [2.45, 2.75) is 0 Å². The number of ether oxygens (including phenoxy) is 1. The molecule has 1 aromatic rings. The zero-order valence-electron chi connectivity index (χ0n) is 11.1. The molecule has 0 N–H and O–H groups in total. The van der Waals surface area contributed by atoms with Gasteiger partial charge in [0.1, 0.15) is 23.5 Å². The first-order valence-electron chi connectivity index (χ1n) is 5.62. The summed E-state index contributed by atoms with van der Waals surface area (Å²) in [5.74, 6) is 0.258. The van der Waals surface area contributed by atoms with Crippen LogP contribution >= 0.6 is 22.6 Å². The molecule has 0 aliphatic carbocycles. The average molecular weight is 381 g/mol. The molecule has 0 aliphatic rings. The number of rotatable bonds is 4. The van der Waals surface area contributed by atoms with Gasteiger partial charge in [0.2, 0.25) is 0 Å². The summed E-state index contributed by atoms with van der Waals surface area (Å²) in [7, 11) is 3.19. The van der Waals surface area contributed by atoms with E-state index in [4.69, 9.17) is 15.3 Å². The summed E-state index contributed by atoms with van der Waals surface area (Å²) in [5, 5.41) is 17.5. The fourth-order valence-corrected chi connectivity index (χ4v) is 2.08.